The lowest BCUT2D eigenvalue weighted by atomic mass is 9.90. The van der Waals surface area contributed by atoms with Crippen molar-refractivity contribution in [3.63, 3.8) is 0 Å². The molecule has 2 amide bonds. The Hall–Kier alpha value is -2.41. The van der Waals surface area contributed by atoms with E-state index < -0.39 is 5.54 Å². The standard InChI is InChI=1S/C21H25N3O3.ClH/c22-21(11-14-27-15-12-21)20(26)24-18-8-6-17(7-9-18)19(25)23-13-10-16-4-2-1-3-5-16;/h1-9H,10-15,22H2,(H,23,25)(H,24,26);1H. The lowest BCUT2D eigenvalue weighted by Gasteiger charge is -2.31. The molecule has 28 heavy (non-hydrogen) atoms. The van der Waals surface area contributed by atoms with Gasteiger partial charge in [0.1, 0.15) is 5.54 Å². The number of hydrogen-bond donors (Lipinski definition) is 3. The van der Waals surface area contributed by atoms with Crippen LogP contribution in [-0.4, -0.2) is 37.1 Å². The number of nitrogens with one attached hydrogen (secondary N) is 2. The summed E-state index contributed by atoms with van der Waals surface area (Å²) in [5, 5.41) is 5.74. The predicted molar refractivity (Wildman–Crippen MR) is 112 cm³/mol. The minimum Gasteiger partial charge on any atom is -0.381 e. The molecule has 1 heterocycles. The van der Waals surface area contributed by atoms with Crippen LogP contribution in [0.25, 0.3) is 0 Å². The first-order valence-electron chi connectivity index (χ1n) is 9.17. The fourth-order valence-electron chi connectivity index (χ4n) is 2.99. The molecule has 1 aliphatic rings. The summed E-state index contributed by atoms with van der Waals surface area (Å²) in [4.78, 5) is 24.6. The van der Waals surface area contributed by atoms with Crippen LogP contribution in [0.1, 0.15) is 28.8 Å². The van der Waals surface area contributed by atoms with Gasteiger partial charge in [-0.2, -0.15) is 0 Å². The molecule has 6 nitrogen and oxygen atoms in total. The van der Waals surface area contributed by atoms with E-state index in [1.54, 1.807) is 24.3 Å². The molecular weight excluding hydrogens is 378 g/mol. The number of benzene rings is 2. The molecule has 0 atom stereocenters. The van der Waals surface area contributed by atoms with E-state index in [1.807, 2.05) is 30.3 Å². The Morgan fingerprint density at radius 1 is 1.00 bits per heavy atom. The maximum Gasteiger partial charge on any atom is 0.251 e. The Kier molecular flexibility index (Phi) is 7.99. The molecule has 3 rings (SSSR count). The Balaban J connectivity index is 0.00000280. The molecule has 7 heteroatoms. The zero-order valence-corrected chi connectivity index (χ0v) is 16.5. The highest BCUT2D eigenvalue weighted by Crippen LogP contribution is 2.20. The molecular formula is C21H26ClN3O3. The Bertz CT molecular complexity index is 775. The number of nitrogens with two attached hydrogens (primary N) is 1. The number of halogens is 1. The molecule has 1 fully saturated rings. The van der Waals surface area contributed by atoms with Crippen LogP contribution in [0.4, 0.5) is 5.69 Å². The third kappa shape index (κ3) is 5.79. The minimum atomic E-state index is -0.897. The monoisotopic (exact) mass is 403 g/mol. The SMILES string of the molecule is Cl.NC1(C(=O)Nc2ccc(C(=O)NCCc3ccccc3)cc2)CCOCC1. The quantitative estimate of drug-likeness (QED) is 0.690. The molecule has 0 aromatic heterocycles. The molecule has 2 aromatic carbocycles. The van der Waals surface area contributed by atoms with Crippen molar-refractivity contribution in [3.05, 3.63) is 65.7 Å². The van der Waals surface area contributed by atoms with Gasteiger partial charge in [0.05, 0.1) is 0 Å². The lowest BCUT2D eigenvalue weighted by molar-refractivity contribution is -0.124. The van der Waals surface area contributed by atoms with E-state index in [0.29, 0.717) is 43.9 Å². The molecule has 1 aliphatic heterocycles. The van der Waals surface area contributed by atoms with Gasteiger partial charge < -0.3 is 21.1 Å². The number of rotatable bonds is 6. The normalized spacial score (nSPS) is 15.2. The van der Waals surface area contributed by atoms with Crippen molar-refractivity contribution in [2.75, 3.05) is 25.1 Å². The first-order valence-corrected chi connectivity index (χ1v) is 9.17. The van der Waals surface area contributed by atoms with Crippen LogP contribution < -0.4 is 16.4 Å². The summed E-state index contributed by atoms with van der Waals surface area (Å²) < 4.78 is 5.26. The van der Waals surface area contributed by atoms with Crippen molar-refractivity contribution in [1.29, 1.82) is 0 Å². The molecule has 2 aromatic rings. The Morgan fingerprint density at radius 3 is 2.29 bits per heavy atom. The van der Waals surface area contributed by atoms with Gasteiger partial charge >= 0.3 is 0 Å². The van der Waals surface area contributed by atoms with Gasteiger partial charge in [0, 0.05) is 31.0 Å². The van der Waals surface area contributed by atoms with Crippen LogP contribution in [0.15, 0.2) is 54.6 Å². The van der Waals surface area contributed by atoms with E-state index in [0.717, 1.165) is 6.42 Å². The van der Waals surface area contributed by atoms with Gasteiger partial charge in [-0.15, -0.1) is 12.4 Å². The third-order valence-electron chi connectivity index (χ3n) is 4.78. The van der Waals surface area contributed by atoms with Gasteiger partial charge in [-0.05, 0) is 49.1 Å². The number of carbonyl (C=O) groups excluding carboxylic acids is 2. The molecule has 0 unspecified atom stereocenters. The second kappa shape index (κ2) is 10.2. The largest absolute Gasteiger partial charge is 0.381 e. The number of anilines is 1. The number of ether oxygens (including phenoxy) is 1. The average molecular weight is 404 g/mol. The van der Waals surface area contributed by atoms with Crippen molar-refractivity contribution in [3.8, 4) is 0 Å². The zero-order chi connectivity index (χ0) is 19.1. The lowest BCUT2D eigenvalue weighted by Crippen LogP contribution is -2.54. The van der Waals surface area contributed by atoms with Gasteiger partial charge in [-0.25, -0.2) is 0 Å². The highest BCUT2D eigenvalue weighted by molar-refractivity contribution is 5.99. The fraction of sp³-hybridized carbons (Fsp3) is 0.333. The first-order chi connectivity index (χ1) is 13.1. The molecule has 0 bridgehead atoms. The summed E-state index contributed by atoms with van der Waals surface area (Å²) in [6, 6.07) is 16.8. The average Bonchev–Trinajstić information content (AvgIpc) is 2.70. The van der Waals surface area contributed by atoms with E-state index in [4.69, 9.17) is 10.5 Å². The minimum absolute atomic E-state index is 0. The van der Waals surface area contributed by atoms with Crippen molar-refractivity contribution in [2.45, 2.75) is 24.8 Å². The van der Waals surface area contributed by atoms with Crippen molar-refractivity contribution in [2.24, 2.45) is 5.73 Å². The summed E-state index contributed by atoms with van der Waals surface area (Å²) in [6.07, 6.45) is 1.78. The summed E-state index contributed by atoms with van der Waals surface area (Å²) in [5.41, 5.74) is 7.63. The zero-order valence-electron chi connectivity index (χ0n) is 15.6. The predicted octanol–water partition coefficient (Wildman–Crippen LogP) is 2.53. The maximum atomic E-state index is 12.4. The van der Waals surface area contributed by atoms with Gasteiger partial charge in [0.25, 0.3) is 5.91 Å². The number of amides is 2. The molecule has 0 radical (unpaired) electrons. The molecule has 0 spiro atoms. The second-order valence-corrected chi connectivity index (χ2v) is 6.79. The first kappa shape index (κ1) is 21.9. The topological polar surface area (TPSA) is 93.5 Å². The van der Waals surface area contributed by atoms with E-state index in [1.165, 1.54) is 5.56 Å². The van der Waals surface area contributed by atoms with E-state index >= 15 is 0 Å². The third-order valence-corrected chi connectivity index (χ3v) is 4.78. The summed E-state index contributed by atoms with van der Waals surface area (Å²) in [6.45, 7) is 1.55. The fourth-order valence-corrected chi connectivity index (χ4v) is 2.99. The molecule has 150 valence electrons. The van der Waals surface area contributed by atoms with E-state index in [9.17, 15) is 9.59 Å². The maximum absolute atomic E-state index is 12.4. The Labute approximate surface area is 171 Å². The highest BCUT2D eigenvalue weighted by atomic mass is 35.5. The molecule has 1 saturated heterocycles. The van der Waals surface area contributed by atoms with Crippen LogP contribution in [-0.2, 0) is 16.0 Å². The van der Waals surface area contributed by atoms with Gasteiger partial charge in [0.2, 0.25) is 5.91 Å². The Morgan fingerprint density at radius 2 is 1.64 bits per heavy atom. The summed E-state index contributed by atoms with van der Waals surface area (Å²) >= 11 is 0. The number of hydrogen-bond acceptors (Lipinski definition) is 4. The van der Waals surface area contributed by atoms with Crippen molar-refractivity contribution >= 4 is 29.9 Å². The van der Waals surface area contributed by atoms with E-state index in [2.05, 4.69) is 10.6 Å². The smallest absolute Gasteiger partial charge is 0.251 e. The van der Waals surface area contributed by atoms with Crippen LogP contribution in [0.5, 0.6) is 0 Å². The second-order valence-electron chi connectivity index (χ2n) is 6.79. The van der Waals surface area contributed by atoms with Crippen LogP contribution in [0.2, 0.25) is 0 Å². The van der Waals surface area contributed by atoms with Crippen molar-refractivity contribution < 1.29 is 14.3 Å². The van der Waals surface area contributed by atoms with Gasteiger partial charge in [-0.1, -0.05) is 30.3 Å². The van der Waals surface area contributed by atoms with Crippen LogP contribution in [0.3, 0.4) is 0 Å². The van der Waals surface area contributed by atoms with Gasteiger partial charge in [-0.3, -0.25) is 9.59 Å². The van der Waals surface area contributed by atoms with Crippen molar-refractivity contribution in [1.82, 2.24) is 5.32 Å². The van der Waals surface area contributed by atoms with E-state index in [-0.39, 0.29) is 24.2 Å². The summed E-state index contributed by atoms with van der Waals surface area (Å²) in [7, 11) is 0. The van der Waals surface area contributed by atoms with Crippen LogP contribution in [0, 0.1) is 0 Å². The van der Waals surface area contributed by atoms with Crippen LogP contribution >= 0.6 is 12.4 Å². The highest BCUT2D eigenvalue weighted by Gasteiger charge is 2.35. The molecule has 0 saturated carbocycles. The van der Waals surface area contributed by atoms with Gasteiger partial charge in [0.15, 0.2) is 0 Å². The summed E-state index contributed by atoms with van der Waals surface area (Å²) in [5.74, 6) is -0.352. The molecule has 0 aliphatic carbocycles. The molecule has 4 N–H and O–H groups in total. The number of carbonyl (C=O) groups is 2.